The van der Waals surface area contributed by atoms with Crippen LogP contribution in [0.3, 0.4) is 0 Å². The van der Waals surface area contributed by atoms with E-state index in [0.717, 1.165) is 12.8 Å². The van der Waals surface area contributed by atoms with Gasteiger partial charge >= 0.3 is 12.0 Å². The Bertz CT molecular complexity index is 285. The molecule has 1 aliphatic rings. The summed E-state index contributed by atoms with van der Waals surface area (Å²) in [5.74, 6) is -1.14. The third kappa shape index (κ3) is 4.20. The molecule has 0 aliphatic carbocycles. The minimum Gasteiger partial charge on any atom is -0.480 e. The number of carboxylic acids is 1. The van der Waals surface area contributed by atoms with Gasteiger partial charge in [0.2, 0.25) is 0 Å². The van der Waals surface area contributed by atoms with Gasteiger partial charge in [-0.2, -0.15) is 0 Å². The van der Waals surface area contributed by atoms with Crippen molar-refractivity contribution in [2.75, 3.05) is 19.7 Å². The smallest absolute Gasteiger partial charge is 0.326 e. The highest BCUT2D eigenvalue weighted by Crippen LogP contribution is 2.08. The largest absolute Gasteiger partial charge is 0.480 e. The van der Waals surface area contributed by atoms with E-state index in [1.165, 1.54) is 4.90 Å². The molecular formula is C10H19N3O4. The molecule has 1 saturated heterocycles. The standard InChI is InChI=1S/C10H19N3O4/c11-7-2-1-4-13(6-7)10(17)12-8(3-5-14)9(15)16/h7-8,14H,1-6,11H2,(H,12,17)(H,15,16). The van der Waals surface area contributed by atoms with Gasteiger partial charge < -0.3 is 26.2 Å². The van der Waals surface area contributed by atoms with Gasteiger partial charge in [-0.15, -0.1) is 0 Å². The number of nitrogens with two attached hydrogens (primary N) is 1. The van der Waals surface area contributed by atoms with E-state index in [-0.39, 0.29) is 19.1 Å². The van der Waals surface area contributed by atoms with Crippen molar-refractivity contribution in [1.82, 2.24) is 10.2 Å². The first-order valence-corrected chi connectivity index (χ1v) is 5.69. The third-order valence-electron chi connectivity index (χ3n) is 2.76. The number of aliphatic hydroxyl groups excluding tert-OH is 1. The molecule has 7 nitrogen and oxygen atoms in total. The zero-order valence-electron chi connectivity index (χ0n) is 9.63. The summed E-state index contributed by atoms with van der Waals surface area (Å²) in [5.41, 5.74) is 5.73. The Hall–Kier alpha value is -1.34. The molecular weight excluding hydrogens is 226 g/mol. The summed E-state index contributed by atoms with van der Waals surface area (Å²) in [6.07, 6.45) is 1.70. The summed E-state index contributed by atoms with van der Waals surface area (Å²) in [6.45, 7) is 0.749. The molecule has 7 heteroatoms. The van der Waals surface area contributed by atoms with Crippen molar-refractivity contribution in [1.29, 1.82) is 0 Å². The fraction of sp³-hybridized carbons (Fsp3) is 0.800. The van der Waals surface area contributed by atoms with Crippen molar-refractivity contribution in [3.63, 3.8) is 0 Å². The predicted molar refractivity (Wildman–Crippen MR) is 60.4 cm³/mol. The van der Waals surface area contributed by atoms with Crippen LogP contribution in [-0.2, 0) is 4.79 Å². The Morgan fingerprint density at radius 2 is 2.24 bits per heavy atom. The Morgan fingerprint density at radius 3 is 2.76 bits per heavy atom. The highest BCUT2D eigenvalue weighted by Gasteiger charge is 2.25. The summed E-state index contributed by atoms with van der Waals surface area (Å²) in [7, 11) is 0. The molecule has 2 atom stereocenters. The molecule has 17 heavy (non-hydrogen) atoms. The van der Waals surface area contributed by atoms with E-state index in [2.05, 4.69) is 5.32 Å². The van der Waals surface area contributed by atoms with Crippen molar-refractivity contribution in [3.8, 4) is 0 Å². The second-order valence-electron chi connectivity index (χ2n) is 4.20. The molecule has 2 amide bonds. The average Bonchev–Trinajstić information content (AvgIpc) is 2.28. The summed E-state index contributed by atoms with van der Waals surface area (Å²) >= 11 is 0. The molecule has 1 heterocycles. The SMILES string of the molecule is NC1CCCN(C(=O)NC(CCO)C(=O)O)C1. The van der Waals surface area contributed by atoms with E-state index < -0.39 is 18.0 Å². The van der Waals surface area contributed by atoms with Crippen molar-refractivity contribution < 1.29 is 19.8 Å². The molecule has 1 fully saturated rings. The number of carboxylic acid groups (broad SMARTS) is 1. The first kappa shape index (κ1) is 13.7. The van der Waals surface area contributed by atoms with Gasteiger partial charge in [-0.1, -0.05) is 0 Å². The minimum absolute atomic E-state index is 0.000959. The number of hydrogen-bond acceptors (Lipinski definition) is 4. The third-order valence-corrected chi connectivity index (χ3v) is 2.76. The van der Waals surface area contributed by atoms with Gasteiger partial charge in [0.15, 0.2) is 0 Å². The molecule has 1 rings (SSSR count). The number of carbonyl (C=O) groups is 2. The molecule has 0 radical (unpaired) electrons. The van der Waals surface area contributed by atoms with Gasteiger partial charge in [-0.3, -0.25) is 0 Å². The first-order valence-electron chi connectivity index (χ1n) is 5.69. The van der Waals surface area contributed by atoms with E-state index >= 15 is 0 Å². The Morgan fingerprint density at radius 1 is 1.53 bits per heavy atom. The first-order chi connectivity index (χ1) is 8.04. The van der Waals surface area contributed by atoms with Crippen LogP contribution in [-0.4, -0.2) is 58.9 Å². The summed E-state index contributed by atoms with van der Waals surface area (Å²) in [4.78, 5) is 24.1. The minimum atomic E-state index is -1.14. The lowest BCUT2D eigenvalue weighted by Gasteiger charge is -2.31. The maximum atomic E-state index is 11.7. The molecule has 98 valence electrons. The van der Waals surface area contributed by atoms with Crippen LogP contribution in [0.1, 0.15) is 19.3 Å². The Balaban J connectivity index is 2.48. The maximum Gasteiger partial charge on any atom is 0.326 e. The van der Waals surface area contributed by atoms with Gasteiger partial charge in [0, 0.05) is 32.2 Å². The van der Waals surface area contributed by atoms with Gasteiger partial charge in [0.1, 0.15) is 6.04 Å². The number of piperidine rings is 1. The van der Waals surface area contributed by atoms with E-state index in [0.29, 0.717) is 13.1 Å². The number of aliphatic hydroxyl groups is 1. The molecule has 0 aromatic carbocycles. The lowest BCUT2D eigenvalue weighted by atomic mass is 10.1. The fourth-order valence-electron chi connectivity index (χ4n) is 1.82. The number of amides is 2. The van der Waals surface area contributed by atoms with Gasteiger partial charge in [0.25, 0.3) is 0 Å². The maximum absolute atomic E-state index is 11.7. The second kappa shape index (κ2) is 6.41. The van der Waals surface area contributed by atoms with Crippen LogP contribution >= 0.6 is 0 Å². The number of rotatable bonds is 4. The normalized spacial score (nSPS) is 22.0. The lowest BCUT2D eigenvalue weighted by Crippen LogP contribution is -2.53. The second-order valence-corrected chi connectivity index (χ2v) is 4.20. The Labute approximate surface area is 99.6 Å². The van der Waals surface area contributed by atoms with Gasteiger partial charge in [-0.25, -0.2) is 9.59 Å². The van der Waals surface area contributed by atoms with Gasteiger partial charge in [-0.05, 0) is 12.8 Å². The van der Waals surface area contributed by atoms with E-state index in [1.54, 1.807) is 0 Å². The van der Waals surface area contributed by atoms with E-state index in [1.807, 2.05) is 0 Å². The van der Waals surface area contributed by atoms with Crippen LogP contribution in [0.25, 0.3) is 0 Å². The van der Waals surface area contributed by atoms with Crippen molar-refractivity contribution in [2.24, 2.45) is 5.73 Å². The number of hydrogen-bond donors (Lipinski definition) is 4. The molecule has 0 aromatic rings. The molecule has 0 spiro atoms. The van der Waals surface area contributed by atoms with Crippen LogP contribution in [0.2, 0.25) is 0 Å². The summed E-state index contributed by atoms with van der Waals surface area (Å²) in [5, 5.41) is 19.9. The van der Waals surface area contributed by atoms with Crippen molar-refractivity contribution in [3.05, 3.63) is 0 Å². The van der Waals surface area contributed by atoms with Crippen LogP contribution in [0.15, 0.2) is 0 Å². The molecule has 0 saturated carbocycles. The lowest BCUT2D eigenvalue weighted by molar-refractivity contribution is -0.139. The zero-order valence-corrected chi connectivity index (χ0v) is 9.63. The Kier molecular flexibility index (Phi) is 5.17. The monoisotopic (exact) mass is 245 g/mol. The number of nitrogens with zero attached hydrogens (tertiary/aromatic N) is 1. The molecule has 0 bridgehead atoms. The quantitative estimate of drug-likeness (QED) is 0.504. The van der Waals surface area contributed by atoms with E-state index in [9.17, 15) is 9.59 Å². The highest BCUT2D eigenvalue weighted by atomic mass is 16.4. The van der Waals surface area contributed by atoms with Crippen LogP contribution < -0.4 is 11.1 Å². The van der Waals surface area contributed by atoms with E-state index in [4.69, 9.17) is 15.9 Å². The number of urea groups is 1. The topological polar surface area (TPSA) is 116 Å². The van der Waals surface area contributed by atoms with Crippen LogP contribution in [0.4, 0.5) is 4.79 Å². The van der Waals surface area contributed by atoms with Crippen LogP contribution in [0.5, 0.6) is 0 Å². The number of carbonyl (C=O) groups excluding carboxylic acids is 1. The zero-order chi connectivity index (χ0) is 12.8. The average molecular weight is 245 g/mol. The summed E-state index contributed by atoms with van der Waals surface area (Å²) < 4.78 is 0. The number of likely N-dealkylation sites (tertiary alicyclic amines) is 1. The predicted octanol–water partition coefficient (Wildman–Crippen LogP) is -1.05. The van der Waals surface area contributed by atoms with Crippen molar-refractivity contribution in [2.45, 2.75) is 31.3 Å². The van der Waals surface area contributed by atoms with Crippen molar-refractivity contribution >= 4 is 12.0 Å². The molecule has 5 N–H and O–H groups in total. The summed E-state index contributed by atoms with van der Waals surface area (Å²) in [6, 6.07) is -1.53. The molecule has 0 aromatic heterocycles. The molecule has 1 aliphatic heterocycles. The molecule has 2 unspecified atom stereocenters. The number of nitrogens with one attached hydrogen (secondary N) is 1. The van der Waals surface area contributed by atoms with Crippen LogP contribution in [0, 0.1) is 0 Å². The number of aliphatic carboxylic acids is 1. The fourth-order valence-corrected chi connectivity index (χ4v) is 1.82. The highest BCUT2D eigenvalue weighted by molar-refractivity contribution is 5.82. The van der Waals surface area contributed by atoms with Gasteiger partial charge in [0.05, 0.1) is 0 Å².